The Morgan fingerprint density at radius 3 is 2.86 bits per heavy atom. The Balaban J connectivity index is 2.23. The van der Waals surface area contributed by atoms with Crippen LogP contribution in [0.25, 0.3) is 0 Å². The van der Waals surface area contributed by atoms with Crippen molar-refractivity contribution >= 4 is 45.9 Å². The molecule has 0 aliphatic heterocycles. The van der Waals surface area contributed by atoms with E-state index in [1.165, 1.54) is 0 Å². The molecule has 2 aromatic rings. The minimum absolute atomic E-state index is 0.300. The summed E-state index contributed by atoms with van der Waals surface area (Å²) < 4.78 is 14.2. The maximum Gasteiger partial charge on any atom is 0.270 e. The zero-order valence-corrected chi connectivity index (χ0v) is 10.5. The lowest BCUT2D eigenvalue weighted by molar-refractivity contribution is 0.467. The molecule has 72 valence electrons. The summed E-state index contributed by atoms with van der Waals surface area (Å²) in [6.07, 6.45) is 0. The number of hydrogen-bond acceptors (Lipinski definition) is 4. The molecule has 0 spiro atoms. The van der Waals surface area contributed by atoms with Crippen molar-refractivity contribution in [2.75, 3.05) is 0 Å². The van der Waals surface area contributed by atoms with E-state index in [0.717, 1.165) is 15.3 Å². The summed E-state index contributed by atoms with van der Waals surface area (Å²) in [5.74, 6) is 1.07. The SMILES string of the molecule is Clc1nsnc1Oc1cccc(I)c1. The van der Waals surface area contributed by atoms with Gasteiger partial charge in [-0.25, -0.2) is 0 Å². The lowest BCUT2D eigenvalue weighted by atomic mass is 10.3. The van der Waals surface area contributed by atoms with Gasteiger partial charge in [0, 0.05) is 3.57 Å². The minimum Gasteiger partial charge on any atom is -0.436 e. The average Bonchev–Trinajstić information content (AvgIpc) is 2.52. The Morgan fingerprint density at radius 2 is 2.21 bits per heavy atom. The van der Waals surface area contributed by atoms with Gasteiger partial charge in [0.05, 0.1) is 11.7 Å². The zero-order valence-electron chi connectivity index (χ0n) is 6.78. The Labute approximate surface area is 104 Å². The van der Waals surface area contributed by atoms with Crippen molar-refractivity contribution in [2.24, 2.45) is 0 Å². The third-order valence-electron chi connectivity index (χ3n) is 1.43. The van der Waals surface area contributed by atoms with Crippen LogP contribution in [0.3, 0.4) is 0 Å². The van der Waals surface area contributed by atoms with Crippen molar-refractivity contribution in [3.63, 3.8) is 0 Å². The lowest BCUT2D eigenvalue weighted by Gasteiger charge is -2.01. The largest absolute Gasteiger partial charge is 0.436 e. The Bertz CT molecular complexity index is 448. The highest BCUT2D eigenvalue weighted by atomic mass is 127. The minimum atomic E-state index is 0.300. The summed E-state index contributed by atoms with van der Waals surface area (Å²) in [6.45, 7) is 0. The van der Waals surface area contributed by atoms with Crippen LogP contribution in [0.15, 0.2) is 24.3 Å². The van der Waals surface area contributed by atoms with Crippen LogP contribution in [0.2, 0.25) is 5.15 Å². The molecule has 3 nitrogen and oxygen atoms in total. The predicted octanol–water partition coefficient (Wildman–Crippen LogP) is 3.59. The Morgan fingerprint density at radius 1 is 1.36 bits per heavy atom. The Kier molecular flexibility index (Phi) is 3.19. The van der Waals surface area contributed by atoms with Crippen LogP contribution in [-0.4, -0.2) is 8.75 Å². The number of rotatable bonds is 2. The van der Waals surface area contributed by atoms with Crippen molar-refractivity contribution in [1.82, 2.24) is 8.75 Å². The summed E-state index contributed by atoms with van der Waals surface area (Å²) in [6, 6.07) is 7.63. The number of aromatic nitrogens is 2. The second kappa shape index (κ2) is 4.41. The van der Waals surface area contributed by atoms with E-state index in [0.29, 0.717) is 16.8 Å². The van der Waals surface area contributed by atoms with E-state index in [4.69, 9.17) is 16.3 Å². The third-order valence-corrected chi connectivity index (χ3v) is 2.96. The first kappa shape index (κ1) is 10.1. The molecule has 0 atom stereocenters. The first-order chi connectivity index (χ1) is 6.75. The van der Waals surface area contributed by atoms with Crippen LogP contribution in [0.5, 0.6) is 11.6 Å². The number of benzene rings is 1. The maximum absolute atomic E-state index is 5.74. The predicted molar refractivity (Wildman–Crippen MR) is 64.2 cm³/mol. The zero-order chi connectivity index (χ0) is 9.97. The molecule has 1 aromatic carbocycles. The fraction of sp³-hybridized carbons (Fsp3) is 0. The number of hydrogen-bond donors (Lipinski definition) is 0. The molecule has 0 aliphatic rings. The number of ether oxygens (including phenoxy) is 1. The molecular weight excluding hydrogens is 335 g/mol. The molecule has 0 saturated heterocycles. The monoisotopic (exact) mass is 338 g/mol. The molecule has 0 amide bonds. The second-order valence-electron chi connectivity index (χ2n) is 2.42. The van der Waals surface area contributed by atoms with Gasteiger partial charge in [-0.3, -0.25) is 0 Å². The normalized spacial score (nSPS) is 10.1. The highest BCUT2D eigenvalue weighted by molar-refractivity contribution is 14.1. The molecule has 0 fully saturated rings. The first-order valence-corrected chi connectivity index (χ1v) is 5.86. The lowest BCUT2D eigenvalue weighted by Crippen LogP contribution is -1.84. The molecule has 0 radical (unpaired) electrons. The molecule has 1 heterocycles. The van der Waals surface area contributed by atoms with Gasteiger partial charge in [-0.2, -0.15) is 4.37 Å². The van der Waals surface area contributed by atoms with Gasteiger partial charge in [0.25, 0.3) is 5.88 Å². The van der Waals surface area contributed by atoms with Gasteiger partial charge >= 0.3 is 0 Å². The van der Waals surface area contributed by atoms with E-state index in [1.807, 2.05) is 24.3 Å². The van der Waals surface area contributed by atoms with Gasteiger partial charge in [-0.1, -0.05) is 17.7 Å². The molecule has 14 heavy (non-hydrogen) atoms. The highest BCUT2D eigenvalue weighted by Gasteiger charge is 2.07. The van der Waals surface area contributed by atoms with E-state index in [9.17, 15) is 0 Å². The van der Waals surface area contributed by atoms with Crippen molar-refractivity contribution in [2.45, 2.75) is 0 Å². The van der Waals surface area contributed by atoms with Gasteiger partial charge in [0.15, 0.2) is 0 Å². The standard InChI is InChI=1S/C8H4ClIN2OS/c9-7-8(12-14-11-7)13-6-3-1-2-5(10)4-6/h1-4H. The summed E-state index contributed by atoms with van der Waals surface area (Å²) in [5.41, 5.74) is 0. The smallest absolute Gasteiger partial charge is 0.270 e. The van der Waals surface area contributed by atoms with Crippen molar-refractivity contribution < 1.29 is 4.74 Å². The third kappa shape index (κ3) is 2.34. The van der Waals surface area contributed by atoms with E-state index < -0.39 is 0 Å². The molecule has 0 aliphatic carbocycles. The van der Waals surface area contributed by atoms with Gasteiger partial charge in [-0.05, 0) is 40.8 Å². The summed E-state index contributed by atoms with van der Waals surface area (Å²) >= 11 is 8.98. The maximum atomic E-state index is 5.74. The molecule has 2 rings (SSSR count). The van der Waals surface area contributed by atoms with E-state index in [2.05, 4.69) is 31.3 Å². The van der Waals surface area contributed by atoms with Crippen LogP contribution >= 0.6 is 45.9 Å². The molecule has 0 N–H and O–H groups in total. The Hall–Kier alpha value is -0.400. The molecule has 0 unspecified atom stereocenters. The van der Waals surface area contributed by atoms with Gasteiger partial charge in [0.1, 0.15) is 5.75 Å². The molecule has 6 heteroatoms. The molecule has 0 bridgehead atoms. The topological polar surface area (TPSA) is 35.0 Å². The van der Waals surface area contributed by atoms with E-state index in [-0.39, 0.29) is 0 Å². The molecule has 0 saturated carbocycles. The average molecular weight is 339 g/mol. The van der Waals surface area contributed by atoms with Crippen molar-refractivity contribution in [3.8, 4) is 11.6 Å². The van der Waals surface area contributed by atoms with E-state index in [1.54, 1.807) is 0 Å². The van der Waals surface area contributed by atoms with Crippen LogP contribution < -0.4 is 4.74 Å². The van der Waals surface area contributed by atoms with Crippen molar-refractivity contribution in [3.05, 3.63) is 33.0 Å². The highest BCUT2D eigenvalue weighted by Crippen LogP contribution is 2.27. The van der Waals surface area contributed by atoms with Gasteiger partial charge in [-0.15, -0.1) is 4.37 Å². The van der Waals surface area contributed by atoms with Crippen LogP contribution in [0.4, 0.5) is 0 Å². The second-order valence-corrected chi connectivity index (χ2v) is 4.55. The number of nitrogens with zero attached hydrogens (tertiary/aromatic N) is 2. The fourth-order valence-electron chi connectivity index (χ4n) is 0.873. The molecule has 1 aromatic heterocycles. The van der Waals surface area contributed by atoms with Gasteiger partial charge in [0.2, 0.25) is 5.15 Å². The van der Waals surface area contributed by atoms with Crippen LogP contribution in [0.1, 0.15) is 0 Å². The summed E-state index contributed by atoms with van der Waals surface area (Å²) in [5, 5.41) is 0.300. The van der Waals surface area contributed by atoms with Crippen LogP contribution in [-0.2, 0) is 0 Å². The quantitative estimate of drug-likeness (QED) is 0.785. The number of halogens is 2. The van der Waals surface area contributed by atoms with E-state index >= 15 is 0 Å². The molecular formula is C8H4ClIN2OS. The van der Waals surface area contributed by atoms with Crippen molar-refractivity contribution in [1.29, 1.82) is 0 Å². The summed E-state index contributed by atoms with van der Waals surface area (Å²) in [7, 11) is 0. The van der Waals surface area contributed by atoms with Gasteiger partial charge < -0.3 is 4.74 Å². The fourth-order valence-corrected chi connectivity index (χ4v) is 2.00. The summed E-state index contributed by atoms with van der Waals surface area (Å²) in [4.78, 5) is 0. The van der Waals surface area contributed by atoms with Crippen LogP contribution in [0, 0.1) is 3.57 Å². The first-order valence-electron chi connectivity index (χ1n) is 3.67.